The summed E-state index contributed by atoms with van der Waals surface area (Å²) in [5, 5.41) is 7.64. The number of fused-ring (bicyclic) bond motifs is 1. The van der Waals surface area contributed by atoms with Crippen molar-refractivity contribution in [3.63, 3.8) is 0 Å². The molecule has 1 aliphatic rings. The lowest BCUT2D eigenvalue weighted by Gasteiger charge is -2.23. The van der Waals surface area contributed by atoms with E-state index in [-0.39, 0.29) is 5.56 Å². The normalized spacial score (nSPS) is 16.2. The highest BCUT2D eigenvalue weighted by Crippen LogP contribution is 2.25. The molecule has 3 heterocycles. The number of hydrogen-bond donors (Lipinski definition) is 2. The average molecular weight is 327 g/mol. The van der Waals surface area contributed by atoms with Crippen LogP contribution in [0.15, 0.2) is 21.5 Å². The van der Waals surface area contributed by atoms with Gasteiger partial charge in [0.25, 0.3) is 5.56 Å². The SMILES string of the molecule is CC.O=c1cc(C2CCNCC2)n2ncc(Br)c2[nH]1. The van der Waals surface area contributed by atoms with Crippen LogP contribution in [0, 0.1) is 0 Å². The van der Waals surface area contributed by atoms with Gasteiger partial charge in [0.1, 0.15) is 0 Å². The van der Waals surface area contributed by atoms with Crippen molar-refractivity contribution in [1.82, 2.24) is 19.9 Å². The van der Waals surface area contributed by atoms with Crippen LogP contribution in [0.25, 0.3) is 5.65 Å². The van der Waals surface area contributed by atoms with E-state index in [1.807, 2.05) is 18.4 Å². The van der Waals surface area contributed by atoms with E-state index in [9.17, 15) is 4.79 Å². The Kier molecular flexibility index (Phi) is 4.76. The molecule has 0 bridgehead atoms. The van der Waals surface area contributed by atoms with Gasteiger partial charge in [0.05, 0.1) is 16.4 Å². The van der Waals surface area contributed by atoms with Crippen molar-refractivity contribution < 1.29 is 0 Å². The van der Waals surface area contributed by atoms with Crippen molar-refractivity contribution in [2.75, 3.05) is 13.1 Å². The molecule has 19 heavy (non-hydrogen) atoms. The summed E-state index contributed by atoms with van der Waals surface area (Å²) in [6.07, 6.45) is 3.82. The molecule has 3 rings (SSSR count). The van der Waals surface area contributed by atoms with Crippen molar-refractivity contribution in [1.29, 1.82) is 0 Å². The van der Waals surface area contributed by atoms with Gasteiger partial charge in [-0.2, -0.15) is 5.10 Å². The van der Waals surface area contributed by atoms with Crippen molar-refractivity contribution in [3.05, 3.63) is 32.8 Å². The Labute approximate surface area is 120 Å². The van der Waals surface area contributed by atoms with E-state index in [1.54, 1.807) is 12.3 Å². The fraction of sp³-hybridized carbons (Fsp3) is 0.538. The first-order valence-electron chi connectivity index (χ1n) is 6.73. The van der Waals surface area contributed by atoms with Gasteiger partial charge in [-0.25, -0.2) is 4.52 Å². The van der Waals surface area contributed by atoms with E-state index in [1.165, 1.54) is 0 Å². The maximum atomic E-state index is 11.7. The Morgan fingerprint density at radius 1 is 1.37 bits per heavy atom. The molecule has 0 amide bonds. The summed E-state index contributed by atoms with van der Waals surface area (Å²) in [6.45, 7) is 6.00. The highest BCUT2D eigenvalue weighted by atomic mass is 79.9. The molecule has 1 aliphatic heterocycles. The standard InChI is InChI=1S/C11H13BrN4O.C2H6/c12-8-6-14-16-9(5-10(17)15-11(8)16)7-1-3-13-4-2-7;1-2/h5-7,13H,1-4H2,(H,15,17);1-2H3. The number of piperidine rings is 1. The topological polar surface area (TPSA) is 62.2 Å². The summed E-state index contributed by atoms with van der Waals surface area (Å²) in [6, 6.07) is 1.67. The maximum absolute atomic E-state index is 11.7. The Hall–Kier alpha value is -1.14. The zero-order valence-corrected chi connectivity index (χ0v) is 12.8. The van der Waals surface area contributed by atoms with Crippen LogP contribution in [0.3, 0.4) is 0 Å². The number of aromatic nitrogens is 3. The van der Waals surface area contributed by atoms with Gasteiger partial charge < -0.3 is 10.3 Å². The van der Waals surface area contributed by atoms with Crippen LogP contribution in [0.5, 0.6) is 0 Å². The number of nitrogens with zero attached hydrogens (tertiary/aromatic N) is 2. The molecule has 2 aromatic rings. The molecule has 0 spiro atoms. The molecule has 5 nitrogen and oxygen atoms in total. The molecule has 0 aromatic carbocycles. The van der Waals surface area contributed by atoms with Crippen molar-refractivity contribution in [2.45, 2.75) is 32.6 Å². The van der Waals surface area contributed by atoms with Crippen molar-refractivity contribution in [2.24, 2.45) is 0 Å². The summed E-state index contributed by atoms with van der Waals surface area (Å²) >= 11 is 3.39. The van der Waals surface area contributed by atoms with Crippen molar-refractivity contribution in [3.8, 4) is 0 Å². The van der Waals surface area contributed by atoms with Gasteiger partial charge in [0.15, 0.2) is 5.65 Å². The molecule has 0 atom stereocenters. The number of aromatic amines is 1. The van der Waals surface area contributed by atoms with Crippen LogP contribution in [0.4, 0.5) is 0 Å². The van der Waals surface area contributed by atoms with Gasteiger partial charge in [-0.15, -0.1) is 0 Å². The van der Waals surface area contributed by atoms with E-state index in [0.717, 1.165) is 41.7 Å². The quantitative estimate of drug-likeness (QED) is 0.845. The molecule has 2 N–H and O–H groups in total. The van der Waals surface area contributed by atoms with Crippen LogP contribution in [0.2, 0.25) is 0 Å². The predicted octanol–water partition coefficient (Wildman–Crippen LogP) is 2.28. The number of H-pyrrole nitrogens is 1. The Balaban J connectivity index is 0.000000637. The number of nitrogens with one attached hydrogen (secondary N) is 2. The number of hydrogen-bond acceptors (Lipinski definition) is 3. The largest absolute Gasteiger partial charge is 0.317 e. The molecule has 0 saturated carbocycles. The smallest absolute Gasteiger partial charge is 0.251 e. The Morgan fingerprint density at radius 2 is 2.05 bits per heavy atom. The summed E-state index contributed by atoms with van der Waals surface area (Å²) in [5.74, 6) is 0.410. The van der Waals surface area contributed by atoms with Crippen LogP contribution < -0.4 is 10.9 Å². The van der Waals surface area contributed by atoms with Crippen LogP contribution >= 0.6 is 15.9 Å². The molecule has 0 unspecified atom stereocenters. The van der Waals surface area contributed by atoms with E-state index in [0.29, 0.717) is 5.92 Å². The second-order valence-electron chi connectivity index (χ2n) is 4.34. The zero-order chi connectivity index (χ0) is 13.8. The van der Waals surface area contributed by atoms with Gasteiger partial charge in [0, 0.05) is 12.0 Å². The highest BCUT2D eigenvalue weighted by Gasteiger charge is 2.19. The summed E-state index contributed by atoms with van der Waals surface area (Å²) < 4.78 is 2.66. The lowest BCUT2D eigenvalue weighted by molar-refractivity contribution is 0.446. The molecule has 1 fully saturated rings. The minimum absolute atomic E-state index is 0.0627. The van der Waals surface area contributed by atoms with E-state index in [4.69, 9.17) is 0 Å². The zero-order valence-electron chi connectivity index (χ0n) is 11.2. The second-order valence-corrected chi connectivity index (χ2v) is 5.19. The molecular weight excluding hydrogens is 308 g/mol. The molecular formula is C13H19BrN4O. The lowest BCUT2D eigenvalue weighted by Crippen LogP contribution is -2.28. The second kappa shape index (κ2) is 6.34. The van der Waals surface area contributed by atoms with Crippen LogP contribution in [-0.4, -0.2) is 27.7 Å². The van der Waals surface area contributed by atoms with Gasteiger partial charge in [0.2, 0.25) is 0 Å². The fourth-order valence-corrected chi connectivity index (χ4v) is 2.75. The summed E-state index contributed by atoms with van der Waals surface area (Å²) in [4.78, 5) is 14.5. The maximum Gasteiger partial charge on any atom is 0.251 e. The van der Waals surface area contributed by atoms with E-state index in [2.05, 4.69) is 31.3 Å². The molecule has 1 saturated heterocycles. The molecule has 6 heteroatoms. The molecule has 0 radical (unpaired) electrons. The van der Waals surface area contributed by atoms with E-state index < -0.39 is 0 Å². The summed E-state index contributed by atoms with van der Waals surface area (Å²) in [5.41, 5.74) is 1.69. The van der Waals surface area contributed by atoms with Crippen LogP contribution in [0.1, 0.15) is 38.3 Å². The van der Waals surface area contributed by atoms with Crippen molar-refractivity contribution >= 4 is 21.6 Å². The first kappa shape index (κ1) is 14.3. The van der Waals surface area contributed by atoms with Crippen LogP contribution in [-0.2, 0) is 0 Å². The first-order valence-corrected chi connectivity index (χ1v) is 7.52. The number of rotatable bonds is 1. The number of halogens is 1. The van der Waals surface area contributed by atoms with Gasteiger partial charge in [-0.05, 0) is 41.9 Å². The van der Waals surface area contributed by atoms with Gasteiger partial charge in [-0.1, -0.05) is 13.8 Å². The van der Waals surface area contributed by atoms with Gasteiger partial charge >= 0.3 is 0 Å². The summed E-state index contributed by atoms with van der Waals surface area (Å²) in [7, 11) is 0. The average Bonchev–Trinajstić information content (AvgIpc) is 2.83. The minimum atomic E-state index is -0.0627. The minimum Gasteiger partial charge on any atom is -0.317 e. The third kappa shape index (κ3) is 2.90. The third-order valence-electron chi connectivity index (χ3n) is 3.25. The lowest BCUT2D eigenvalue weighted by atomic mass is 9.94. The fourth-order valence-electron chi connectivity index (χ4n) is 2.39. The Bertz CT molecular complexity index is 598. The molecule has 104 valence electrons. The monoisotopic (exact) mass is 326 g/mol. The highest BCUT2D eigenvalue weighted by molar-refractivity contribution is 9.10. The predicted molar refractivity (Wildman–Crippen MR) is 79.7 cm³/mol. The first-order chi connectivity index (χ1) is 9.25. The molecule has 0 aliphatic carbocycles. The molecule has 2 aromatic heterocycles. The third-order valence-corrected chi connectivity index (χ3v) is 3.83. The van der Waals surface area contributed by atoms with E-state index >= 15 is 0 Å². The van der Waals surface area contributed by atoms with Gasteiger partial charge in [-0.3, -0.25) is 4.79 Å². The Morgan fingerprint density at radius 3 is 2.74 bits per heavy atom.